The highest BCUT2D eigenvalue weighted by molar-refractivity contribution is 7.10. The second-order valence-electron chi connectivity index (χ2n) is 5.30. The summed E-state index contributed by atoms with van der Waals surface area (Å²) in [7, 11) is 0. The summed E-state index contributed by atoms with van der Waals surface area (Å²) in [6, 6.07) is 2.06. The van der Waals surface area contributed by atoms with Crippen LogP contribution in [0, 0.1) is 6.92 Å². The molecule has 1 aliphatic rings. The molecule has 5 heteroatoms. The number of carbonyl (C=O) groups is 1. The van der Waals surface area contributed by atoms with Crippen LogP contribution in [0.1, 0.15) is 36.1 Å². The molecule has 19 heavy (non-hydrogen) atoms. The van der Waals surface area contributed by atoms with Crippen molar-refractivity contribution in [3.63, 3.8) is 0 Å². The quantitative estimate of drug-likeness (QED) is 0.742. The first kappa shape index (κ1) is 14.5. The van der Waals surface area contributed by atoms with Gasteiger partial charge < -0.3 is 15.7 Å². The van der Waals surface area contributed by atoms with E-state index in [0.717, 1.165) is 25.7 Å². The zero-order valence-corrected chi connectivity index (χ0v) is 12.2. The molecule has 1 aliphatic carbocycles. The summed E-state index contributed by atoms with van der Waals surface area (Å²) < 4.78 is 0. The summed E-state index contributed by atoms with van der Waals surface area (Å²) in [5, 5.41) is 17.6. The van der Waals surface area contributed by atoms with E-state index in [-0.39, 0.29) is 24.6 Å². The van der Waals surface area contributed by atoms with Crippen LogP contribution in [-0.4, -0.2) is 29.7 Å². The van der Waals surface area contributed by atoms with Gasteiger partial charge in [0.25, 0.3) is 0 Å². The van der Waals surface area contributed by atoms with E-state index in [2.05, 4.69) is 23.6 Å². The third kappa shape index (κ3) is 3.78. The van der Waals surface area contributed by atoms with E-state index >= 15 is 0 Å². The molecule has 0 aliphatic heterocycles. The Morgan fingerprint density at radius 1 is 1.47 bits per heavy atom. The van der Waals surface area contributed by atoms with Gasteiger partial charge in [-0.3, -0.25) is 4.79 Å². The highest BCUT2D eigenvalue weighted by Gasteiger charge is 2.32. The third-order valence-electron chi connectivity index (χ3n) is 3.90. The minimum absolute atomic E-state index is 0.00692. The SMILES string of the molecule is Cc1ccsc1CNC(=O)CNC1(CO)CCCC1. The molecule has 0 aromatic carbocycles. The average Bonchev–Trinajstić information content (AvgIpc) is 3.04. The molecule has 0 bridgehead atoms. The Morgan fingerprint density at radius 3 is 2.79 bits per heavy atom. The minimum Gasteiger partial charge on any atom is -0.394 e. The lowest BCUT2D eigenvalue weighted by Gasteiger charge is -2.27. The number of carbonyl (C=O) groups excluding carboxylic acids is 1. The maximum Gasteiger partial charge on any atom is 0.234 e. The fourth-order valence-electron chi connectivity index (χ4n) is 2.54. The molecule has 1 heterocycles. The molecular weight excluding hydrogens is 260 g/mol. The number of amides is 1. The highest BCUT2D eigenvalue weighted by atomic mass is 32.1. The van der Waals surface area contributed by atoms with Gasteiger partial charge in [0, 0.05) is 10.4 Å². The first-order valence-corrected chi connectivity index (χ1v) is 7.69. The van der Waals surface area contributed by atoms with E-state index in [0.29, 0.717) is 6.54 Å². The molecule has 1 aromatic heterocycles. The van der Waals surface area contributed by atoms with Crippen molar-refractivity contribution in [1.29, 1.82) is 0 Å². The van der Waals surface area contributed by atoms with Crippen LogP contribution < -0.4 is 10.6 Å². The zero-order valence-electron chi connectivity index (χ0n) is 11.4. The maximum absolute atomic E-state index is 11.8. The highest BCUT2D eigenvalue weighted by Crippen LogP contribution is 2.28. The topological polar surface area (TPSA) is 61.4 Å². The van der Waals surface area contributed by atoms with Gasteiger partial charge in [0.1, 0.15) is 0 Å². The lowest BCUT2D eigenvalue weighted by atomic mass is 9.99. The molecule has 106 valence electrons. The van der Waals surface area contributed by atoms with E-state index in [9.17, 15) is 9.90 Å². The van der Waals surface area contributed by atoms with Gasteiger partial charge in [0.05, 0.1) is 19.7 Å². The molecule has 4 nitrogen and oxygen atoms in total. The van der Waals surface area contributed by atoms with Gasteiger partial charge in [-0.2, -0.15) is 0 Å². The normalized spacial score (nSPS) is 17.6. The number of hydrogen-bond acceptors (Lipinski definition) is 4. The first-order chi connectivity index (χ1) is 9.15. The standard InChI is InChI=1S/C14H22N2O2S/c1-11-4-7-19-12(11)8-15-13(18)9-16-14(10-17)5-2-3-6-14/h4,7,16-17H,2-3,5-6,8-10H2,1H3,(H,15,18). The number of aliphatic hydroxyl groups is 1. The maximum atomic E-state index is 11.8. The van der Waals surface area contributed by atoms with Crippen molar-refractivity contribution < 1.29 is 9.90 Å². The van der Waals surface area contributed by atoms with Gasteiger partial charge in [-0.05, 0) is 36.8 Å². The van der Waals surface area contributed by atoms with Crippen LogP contribution in [0.15, 0.2) is 11.4 Å². The smallest absolute Gasteiger partial charge is 0.234 e. The molecule has 1 saturated carbocycles. The molecule has 0 unspecified atom stereocenters. The number of aryl methyl sites for hydroxylation is 1. The third-order valence-corrected chi connectivity index (χ3v) is 4.92. The summed E-state index contributed by atoms with van der Waals surface area (Å²) in [5.41, 5.74) is 0.997. The monoisotopic (exact) mass is 282 g/mol. The number of nitrogens with one attached hydrogen (secondary N) is 2. The van der Waals surface area contributed by atoms with Gasteiger partial charge in [0.2, 0.25) is 5.91 Å². The summed E-state index contributed by atoms with van der Waals surface area (Å²) in [6.07, 6.45) is 4.18. The lowest BCUT2D eigenvalue weighted by Crippen LogP contribution is -2.50. The fourth-order valence-corrected chi connectivity index (χ4v) is 3.38. The van der Waals surface area contributed by atoms with Crippen LogP contribution in [0.25, 0.3) is 0 Å². The summed E-state index contributed by atoms with van der Waals surface area (Å²) >= 11 is 1.66. The summed E-state index contributed by atoms with van der Waals surface area (Å²) in [5.74, 6) is -0.00692. The number of aliphatic hydroxyl groups excluding tert-OH is 1. The molecule has 3 N–H and O–H groups in total. The Balaban J connectivity index is 1.74. The molecule has 0 spiro atoms. The summed E-state index contributed by atoms with van der Waals surface area (Å²) in [6.45, 7) is 3.04. The second-order valence-corrected chi connectivity index (χ2v) is 6.30. The van der Waals surface area contributed by atoms with Crippen molar-refractivity contribution >= 4 is 17.2 Å². The Labute approximate surface area is 118 Å². The first-order valence-electron chi connectivity index (χ1n) is 6.81. The Hall–Kier alpha value is -0.910. The molecule has 0 saturated heterocycles. The second kappa shape index (κ2) is 6.50. The van der Waals surface area contributed by atoms with Crippen LogP contribution >= 0.6 is 11.3 Å². The molecular formula is C14H22N2O2S. The van der Waals surface area contributed by atoms with Crippen molar-refractivity contribution in [2.45, 2.75) is 44.7 Å². The number of rotatable bonds is 6. The van der Waals surface area contributed by atoms with Gasteiger partial charge in [-0.25, -0.2) is 0 Å². The molecule has 1 amide bonds. The molecule has 1 aromatic rings. The molecule has 2 rings (SSSR count). The molecule has 0 radical (unpaired) electrons. The van der Waals surface area contributed by atoms with Crippen molar-refractivity contribution in [1.82, 2.24) is 10.6 Å². The Morgan fingerprint density at radius 2 is 2.21 bits per heavy atom. The van der Waals surface area contributed by atoms with Gasteiger partial charge >= 0.3 is 0 Å². The van der Waals surface area contributed by atoms with Crippen LogP contribution in [-0.2, 0) is 11.3 Å². The largest absolute Gasteiger partial charge is 0.394 e. The van der Waals surface area contributed by atoms with Crippen molar-refractivity contribution in [2.24, 2.45) is 0 Å². The molecule has 0 atom stereocenters. The molecule has 1 fully saturated rings. The van der Waals surface area contributed by atoms with Crippen LogP contribution in [0.4, 0.5) is 0 Å². The number of thiophene rings is 1. The van der Waals surface area contributed by atoms with Crippen molar-refractivity contribution in [3.05, 3.63) is 21.9 Å². The predicted molar refractivity (Wildman–Crippen MR) is 77.2 cm³/mol. The van der Waals surface area contributed by atoms with Crippen LogP contribution in [0.2, 0.25) is 0 Å². The zero-order chi connectivity index (χ0) is 13.7. The van der Waals surface area contributed by atoms with Gasteiger partial charge in [-0.1, -0.05) is 12.8 Å². The number of hydrogen-bond donors (Lipinski definition) is 3. The fraction of sp³-hybridized carbons (Fsp3) is 0.643. The van der Waals surface area contributed by atoms with Crippen LogP contribution in [0.3, 0.4) is 0 Å². The van der Waals surface area contributed by atoms with E-state index in [1.54, 1.807) is 11.3 Å². The average molecular weight is 282 g/mol. The van der Waals surface area contributed by atoms with E-state index in [1.165, 1.54) is 10.4 Å². The Kier molecular flexibility index (Phi) is 4.96. The Bertz CT molecular complexity index is 425. The van der Waals surface area contributed by atoms with E-state index < -0.39 is 0 Å². The van der Waals surface area contributed by atoms with Crippen molar-refractivity contribution in [3.8, 4) is 0 Å². The predicted octanol–water partition coefficient (Wildman–Crippen LogP) is 1.57. The summed E-state index contributed by atoms with van der Waals surface area (Å²) in [4.78, 5) is 13.0. The minimum atomic E-state index is -0.226. The van der Waals surface area contributed by atoms with Gasteiger partial charge in [-0.15, -0.1) is 11.3 Å². The van der Waals surface area contributed by atoms with Crippen molar-refractivity contribution in [2.75, 3.05) is 13.2 Å². The van der Waals surface area contributed by atoms with Gasteiger partial charge in [0.15, 0.2) is 0 Å². The van der Waals surface area contributed by atoms with E-state index in [4.69, 9.17) is 0 Å². The lowest BCUT2D eigenvalue weighted by molar-refractivity contribution is -0.120. The van der Waals surface area contributed by atoms with Crippen LogP contribution in [0.5, 0.6) is 0 Å². The van der Waals surface area contributed by atoms with E-state index in [1.807, 2.05) is 5.38 Å².